The molecule has 2 N–H and O–H groups in total. The second-order valence-electron chi connectivity index (χ2n) is 3.14. The van der Waals surface area contributed by atoms with Crippen molar-refractivity contribution in [3.8, 4) is 0 Å². The van der Waals surface area contributed by atoms with Crippen LogP contribution in [0.3, 0.4) is 0 Å². The average molecular weight is 223 g/mol. The maximum atomic E-state index is 5.81. The average Bonchev–Trinajstić information content (AvgIpc) is 2.30. The van der Waals surface area contributed by atoms with Crippen molar-refractivity contribution in [2.75, 3.05) is 13.3 Å². The Kier molecular flexibility index (Phi) is 3.04. The molecule has 15 heavy (non-hydrogen) atoms. The molecule has 1 aromatic rings. The molecule has 0 aromatic heterocycles. The summed E-state index contributed by atoms with van der Waals surface area (Å²) in [7, 11) is 0. The summed E-state index contributed by atoms with van der Waals surface area (Å²) in [6, 6.07) is 7.53. The van der Waals surface area contributed by atoms with Gasteiger partial charge in [0.25, 0.3) is 0 Å². The lowest BCUT2D eigenvalue weighted by Crippen LogP contribution is -2.14. The Labute approximate surface area is 93.2 Å². The molecule has 0 radical (unpaired) electrons. The molecule has 0 saturated carbocycles. The fraction of sp³-hybridized carbons (Fsp3) is 0.182. The van der Waals surface area contributed by atoms with Crippen LogP contribution < -0.4 is 5.73 Å². The lowest BCUT2D eigenvalue weighted by molar-refractivity contribution is 0.216. The Morgan fingerprint density at radius 1 is 1.33 bits per heavy atom. The molecule has 3 nitrogen and oxygen atoms in total. The van der Waals surface area contributed by atoms with Crippen LogP contribution in [-0.2, 0) is 4.74 Å². The maximum absolute atomic E-state index is 5.81. The molecule has 78 valence electrons. The fourth-order valence-electron chi connectivity index (χ4n) is 1.34. The van der Waals surface area contributed by atoms with Crippen molar-refractivity contribution >= 4 is 17.3 Å². The van der Waals surface area contributed by atoms with Gasteiger partial charge in [0.2, 0.25) is 0 Å². The molecule has 4 heteroatoms. The Bertz CT molecular complexity index is 409. The van der Waals surface area contributed by atoms with Crippen LogP contribution >= 0.6 is 11.6 Å². The van der Waals surface area contributed by atoms with Crippen LogP contribution in [0.15, 0.2) is 41.1 Å². The van der Waals surface area contributed by atoms with Gasteiger partial charge in [-0.15, -0.1) is 0 Å². The minimum atomic E-state index is 0.334. The third-order valence-electron chi connectivity index (χ3n) is 2.12. The van der Waals surface area contributed by atoms with Crippen molar-refractivity contribution in [3.05, 3.63) is 46.7 Å². The molecule has 0 saturated heterocycles. The topological polar surface area (TPSA) is 47.6 Å². The van der Waals surface area contributed by atoms with Crippen LogP contribution in [0.5, 0.6) is 0 Å². The van der Waals surface area contributed by atoms with Crippen LogP contribution in [0, 0.1) is 0 Å². The molecule has 0 aliphatic carbocycles. The van der Waals surface area contributed by atoms with Gasteiger partial charge in [0.15, 0.2) is 6.73 Å². The number of allylic oxidation sites excluding steroid dienone is 1. The summed E-state index contributed by atoms with van der Waals surface area (Å²) in [6.07, 6.45) is 1.85. The van der Waals surface area contributed by atoms with E-state index in [2.05, 4.69) is 4.99 Å². The highest BCUT2D eigenvalue weighted by Gasteiger charge is 2.07. The molecule has 0 amide bonds. The predicted molar refractivity (Wildman–Crippen MR) is 61.1 cm³/mol. The molecular weight excluding hydrogens is 212 g/mol. The molecule has 0 fully saturated rings. The number of nitrogens with zero attached hydrogens (tertiary/aromatic N) is 1. The molecular formula is C11H11ClN2O. The van der Waals surface area contributed by atoms with E-state index < -0.39 is 0 Å². The molecule has 0 unspecified atom stereocenters. The van der Waals surface area contributed by atoms with Gasteiger partial charge in [0.1, 0.15) is 5.76 Å². The number of nitrogens with two attached hydrogens (primary N) is 1. The van der Waals surface area contributed by atoms with E-state index in [0.717, 1.165) is 22.1 Å². The van der Waals surface area contributed by atoms with Crippen LogP contribution in [0.25, 0.3) is 0 Å². The minimum Gasteiger partial charge on any atom is -0.474 e. The van der Waals surface area contributed by atoms with Gasteiger partial charge in [0, 0.05) is 16.7 Å². The van der Waals surface area contributed by atoms with Crippen LogP contribution in [0.2, 0.25) is 5.02 Å². The summed E-state index contributed by atoms with van der Waals surface area (Å²) in [4.78, 5) is 4.25. The first-order valence-electron chi connectivity index (χ1n) is 4.63. The van der Waals surface area contributed by atoms with Crippen molar-refractivity contribution < 1.29 is 4.74 Å². The lowest BCUT2D eigenvalue weighted by atomic mass is 10.1. The Hall–Kier alpha value is -1.32. The first kappa shape index (κ1) is 10.2. The molecule has 1 aliphatic heterocycles. The molecule has 0 spiro atoms. The zero-order valence-electron chi connectivity index (χ0n) is 8.11. The zero-order valence-corrected chi connectivity index (χ0v) is 8.87. The summed E-state index contributed by atoms with van der Waals surface area (Å²) in [5.74, 6) is 0.759. The van der Waals surface area contributed by atoms with E-state index in [-0.39, 0.29) is 0 Å². The van der Waals surface area contributed by atoms with Crippen molar-refractivity contribution in [1.82, 2.24) is 0 Å². The minimum absolute atomic E-state index is 0.334. The van der Waals surface area contributed by atoms with Crippen molar-refractivity contribution in [2.45, 2.75) is 0 Å². The van der Waals surface area contributed by atoms with Gasteiger partial charge in [-0.25, -0.2) is 4.99 Å². The summed E-state index contributed by atoms with van der Waals surface area (Å²) in [5, 5.41) is 0.717. The fourth-order valence-corrected chi connectivity index (χ4v) is 1.46. The van der Waals surface area contributed by atoms with E-state index in [1.54, 1.807) is 0 Å². The van der Waals surface area contributed by atoms with Gasteiger partial charge < -0.3 is 10.5 Å². The van der Waals surface area contributed by atoms with Crippen LogP contribution in [-0.4, -0.2) is 19.0 Å². The first-order valence-corrected chi connectivity index (χ1v) is 5.01. The second kappa shape index (κ2) is 4.47. The molecule has 0 atom stereocenters. The molecule has 2 rings (SSSR count). The highest BCUT2D eigenvalue weighted by atomic mass is 35.5. The van der Waals surface area contributed by atoms with Gasteiger partial charge in [-0.05, 0) is 12.1 Å². The third-order valence-corrected chi connectivity index (χ3v) is 2.38. The molecule has 1 heterocycles. The largest absolute Gasteiger partial charge is 0.474 e. The predicted octanol–water partition coefficient (Wildman–Crippen LogP) is 1.96. The number of ether oxygens (including phenoxy) is 1. The third kappa shape index (κ3) is 2.37. The van der Waals surface area contributed by atoms with Gasteiger partial charge >= 0.3 is 0 Å². The molecule has 0 bridgehead atoms. The number of aliphatic imine (C=N–C) groups is 1. The van der Waals surface area contributed by atoms with Crippen molar-refractivity contribution in [3.63, 3.8) is 0 Å². The number of halogens is 1. The smallest absolute Gasteiger partial charge is 0.179 e. The Morgan fingerprint density at radius 2 is 2.07 bits per heavy atom. The highest BCUT2D eigenvalue weighted by Crippen LogP contribution is 2.14. The quantitative estimate of drug-likeness (QED) is 0.832. The summed E-state index contributed by atoms with van der Waals surface area (Å²) >= 11 is 5.81. The summed E-state index contributed by atoms with van der Waals surface area (Å²) in [5.41, 5.74) is 7.41. The highest BCUT2D eigenvalue weighted by molar-refractivity contribution is 6.30. The standard InChI is InChI=1S/C11H11ClN2O/c12-9-3-1-8(2-4-9)11-5-10(6-13)15-7-14-11/h1-5H,6-7,13H2. The van der Waals surface area contributed by atoms with Crippen molar-refractivity contribution in [1.29, 1.82) is 0 Å². The van der Waals surface area contributed by atoms with E-state index in [1.165, 1.54) is 0 Å². The van der Waals surface area contributed by atoms with Crippen LogP contribution in [0.1, 0.15) is 5.56 Å². The van der Waals surface area contributed by atoms with E-state index in [1.807, 2.05) is 30.3 Å². The normalized spacial score (nSPS) is 15.3. The monoisotopic (exact) mass is 222 g/mol. The number of hydrogen-bond donors (Lipinski definition) is 1. The van der Waals surface area contributed by atoms with Crippen molar-refractivity contribution in [2.24, 2.45) is 10.7 Å². The SMILES string of the molecule is NCC1=CC(c2ccc(Cl)cc2)=NCO1. The molecule has 1 aromatic carbocycles. The Morgan fingerprint density at radius 3 is 2.73 bits per heavy atom. The number of hydrogen-bond acceptors (Lipinski definition) is 3. The van der Waals surface area contributed by atoms with E-state index >= 15 is 0 Å². The van der Waals surface area contributed by atoms with Gasteiger partial charge in [0.05, 0.1) is 12.3 Å². The summed E-state index contributed by atoms with van der Waals surface area (Å²) < 4.78 is 5.23. The van der Waals surface area contributed by atoms with Gasteiger partial charge in [-0.3, -0.25) is 0 Å². The summed E-state index contributed by atoms with van der Waals surface area (Å²) in [6.45, 7) is 0.730. The van der Waals surface area contributed by atoms with Gasteiger partial charge in [-0.1, -0.05) is 23.7 Å². The number of benzene rings is 1. The number of rotatable bonds is 2. The Balaban J connectivity index is 2.28. The second-order valence-corrected chi connectivity index (χ2v) is 3.57. The van der Waals surface area contributed by atoms with E-state index in [9.17, 15) is 0 Å². The molecule has 1 aliphatic rings. The van der Waals surface area contributed by atoms with E-state index in [0.29, 0.717) is 13.3 Å². The maximum Gasteiger partial charge on any atom is 0.179 e. The first-order chi connectivity index (χ1) is 7.29. The van der Waals surface area contributed by atoms with Crippen LogP contribution in [0.4, 0.5) is 0 Å². The van der Waals surface area contributed by atoms with Gasteiger partial charge in [-0.2, -0.15) is 0 Å². The lowest BCUT2D eigenvalue weighted by Gasteiger charge is -2.13. The zero-order chi connectivity index (χ0) is 10.7. The van der Waals surface area contributed by atoms with E-state index in [4.69, 9.17) is 22.1 Å².